The molecule has 7 nitrogen and oxygen atoms in total. The first-order valence-corrected chi connectivity index (χ1v) is 11.8. The average Bonchev–Trinajstić information content (AvgIpc) is 2.94. The van der Waals surface area contributed by atoms with Crippen molar-refractivity contribution in [2.75, 3.05) is 13.7 Å². The third-order valence-corrected chi connectivity index (χ3v) is 6.38. The molecule has 0 spiro atoms. The lowest BCUT2D eigenvalue weighted by atomic mass is 10.2. The van der Waals surface area contributed by atoms with Crippen LogP contribution in [0.3, 0.4) is 0 Å². The molecule has 1 aliphatic rings. The van der Waals surface area contributed by atoms with E-state index < -0.39 is 20.6 Å². The van der Waals surface area contributed by atoms with Crippen LogP contribution in [0.15, 0.2) is 46.7 Å². The van der Waals surface area contributed by atoms with Gasteiger partial charge in [-0.25, -0.2) is 8.42 Å². The van der Waals surface area contributed by atoms with Gasteiger partial charge in [-0.1, -0.05) is 38.4 Å². The Balaban J connectivity index is 0.000000795. The van der Waals surface area contributed by atoms with Crippen LogP contribution in [0.1, 0.15) is 60.3 Å². The molecule has 1 aromatic carbocycles. The number of nitro benzene ring substituents is 1. The highest BCUT2D eigenvalue weighted by atomic mass is 35.5. The summed E-state index contributed by atoms with van der Waals surface area (Å²) in [6, 6.07) is 3.54. The van der Waals surface area contributed by atoms with Gasteiger partial charge in [0, 0.05) is 18.3 Å². The van der Waals surface area contributed by atoms with Crippen molar-refractivity contribution < 1.29 is 18.1 Å². The van der Waals surface area contributed by atoms with Crippen LogP contribution in [0.25, 0.3) is 0 Å². The second kappa shape index (κ2) is 14.0. The second-order valence-corrected chi connectivity index (χ2v) is 8.49. The summed E-state index contributed by atoms with van der Waals surface area (Å²) in [5.74, 6) is 1.00. The summed E-state index contributed by atoms with van der Waals surface area (Å²) in [6.07, 6.45) is 7.47. The fourth-order valence-corrected chi connectivity index (χ4v) is 4.35. The standard InChI is InChI=1S/C13H15ClN2O4S.C6H12O.C2H6/c1-10-5-3-2-4-8-15(10)21(19,20)11-6-7-12(14)13(9-11)16(17)18;1-4-5-6(2)7-3;1-2/h5-7,9H,2-4,8H2,1H3;5H,4H2,1-3H3;1-2H3/b;6-5+;. The van der Waals surface area contributed by atoms with E-state index in [0.717, 1.165) is 37.5 Å². The lowest BCUT2D eigenvalue weighted by Crippen LogP contribution is -2.29. The SMILES string of the molecule is CC.CC/C=C(\C)OC.CC1=CCCCCN1S(=O)(=O)c1ccc(Cl)c([N+](=O)[O-])c1. The van der Waals surface area contributed by atoms with Gasteiger partial charge >= 0.3 is 0 Å². The Hall–Kier alpha value is -2.06. The lowest BCUT2D eigenvalue weighted by Gasteiger charge is -2.23. The van der Waals surface area contributed by atoms with E-state index in [9.17, 15) is 18.5 Å². The topological polar surface area (TPSA) is 89.8 Å². The van der Waals surface area contributed by atoms with Crippen LogP contribution in [-0.4, -0.2) is 31.3 Å². The molecule has 0 atom stereocenters. The zero-order valence-corrected chi connectivity index (χ0v) is 20.2. The summed E-state index contributed by atoms with van der Waals surface area (Å²) in [4.78, 5) is 10.1. The molecule has 0 unspecified atom stereocenters. The number of ether oxygens (including phenoxy) is 1. The number of hydrogen-bond donors (Lipinski definition) is 0. The highest BCUT2D eigenvalue weighted by Gasteiger charge is 2.27. The Morgan fingerprint density at radius 2 is 1.97 bits per heavy atom. The minimum Gasteiger partial charge on any atom is -0.502 e. The fraction of sp³-hybridized carbons (Fsp3) is 0.524. The largest absolute Gasteiger partial charge is 0.502 e. The summed E-state index contributed by atoms with van der Waals surface area (Å²) in [7, 11) is -2.12. The molecule has 0 bridgehead atoms. The molecule has 9 heteroatoms. The number of sulfonamides is 1. The van der Waals surface area contributed by atoms with E-state index in [1.54, 1.807) is 14.0 Å². The van der Waals surface area contributed by atoms with Gasteiger partial charge in [0.15, 0.2) is 0 Å². The highest BCUT2D eigenvalue weighted by molar-refractivity contribution is 7.89. The van der Waals surface area contributed by atoms with Crippen molar-refractivity contribution in [1.82, 2.24) is 4.31 Å². The number of rotatable bonds is 5. The summed E-state index contributed by atoms with van der Waals surface area (Å²) >= 11 is 5.72. The maximum Gasteiger partial charge on any atom is 0.289 e. The molecular formula is C21H33ClN2O5S. The molecule has 0 radical (unpaired) electrons. The van der Waals surface area contributed by atoms with Crippen molar-refractivity contribution in [2.45, 2.75) is 65.2 Å². The number of allylic oxidation sites excluding steroid dienone is 4. The van der Waals surface area contributed by atoms with Gasteiger partial charge in [0.25, 0.3) is 15.7 Å². The molecule has 0 fully saturated rings. The maximum atomic E-state index is 12.7. The number of methoxy groups -OCH3 is 1. The van der Waals surface area contributed by atoms with Crippen LogP contribution in [0.5, 0.6) is 0 Å². The molecule has 0 saturated heterocycles. The predicted molar refractivity (Wildman–Crippen MR) is 122 cm³/mol. The first-order valence-electron chi connectivity index (χ1n) is 9.99. The number of benzene rings is 1. The van der Waals surface area contributed by atoms with Gasteiger partial charge in [-0.2, -0.15) is 0 Å². The van der Waals surface area contributed by atoms with Crippen molar-refractivity contribution in [3.8, 4) is 0 Å². The molecule has 170 valence electrons. The minimum atomic E-state index is -3.81. The van der Waals surface area contributed by atoms with E-state index in [1.807, 2.05) is 32.9 Å². The molecular weight excluding hydrogens is 428 g/mol. The molecule has 0 aromatic heterocycles. The van der Waals surface area contributed by atoms with E-state index in [4.69, 9.17) is 16.3 Å². The van der Waals surface area contributed by atoms with Crippen LogP contribution < -0.4 is 0 Å². The number of nitrogens with zero attached hydrogens (tertiary/aromatic N) is 2. The van der Waals surface area contributed by atoms with E-state index in [2.05, 4.69) is 6.92 Å². The van der Waals surface area contributed by atoms with Crippen LogP contribution in [-0.2, 0) is 14.8 Å². The predicted octanol–water partition coefficient (Wildman–Crippen LogP) is 6.30. The van der Waals surface area contributed by atoms with Gasteiger partial charge in [0.2, 0.25) is 0 Å². The van der Waals surface area contributed by atoms with E-state index in [0.29, 0.717) is 12.2 Å². The molecule has 30 heavy (non-hydrogen) atoms. The van der Waals surface area contributed by atoms with Gasteiger partial charge in [-0.3, -0.25) is 14.4 Å². The molecule has 0 saturated carbocycles. The minimum absolute atomic E-state index is 0.0814. The first kappa shape index (κ1) is 27.9. The van der Waals surface area contributed by atoms with Crippen LogP contribution in [0.4, 0.5) is 5.69 Å². The normalized spacial score (nSPS) is 14.3. The smallest absolute Gasteiger partial charge is 0.289 e. The molecule has 0 amide bonds. The third-order valence-electron chi connectivity index (χ3n) is 4.16. The zero-order chi connectivity index (χ0) is 23.3. The summed E-state index contributed by atoms with van der Waals surface area (Å²) in [5.41, 5.74) is 0.235. The maximum absolute atomic E-state index is 12.7. The Morgan fingerprint density at radius 1 is 1.33 bits per heavy atom. The van der Waals surface area contributed by atoms with E-state index in [-0.39, 0.29) is 9.92 Å². The number of halogens is 1. The van der Waals surface area contributed by atoms with Gasteiger partial charge in [-0.15, -0.1) is 0 Å². The summed E-state index contributed by atoms with van der Waals surface area (Å²) in [6.45, 7) is 10.1. The lowest BCUT2D eigenvalue weighted by molar-refractivity contribution is -0.384. The fourth-order valence-electron chi connectivity index (χ4n) is 2.59. The quantitative estimate of drug-likeness (QED) is 0.292. The molecule has 1 aliphatic heterocycles. The highest BCUT2D eigenvalue weighted by Crippen LogP contribution is 2.30. The van der Waals surface area contributed by atoms with Crippen LogP contribution in [0.2, 0.25) is 5.02 Å². The summed E-state index contributed by atoms with van der Waals surface area (Å²) in [5, 5.41) is 10.8. The number of hydrogen-bond acceptors (Lipinski definition) is 5. The molecule has 0 N–H and O–H groups in total. The average molecular weight is 461 g/mol. The van der Waals surface area contributed by atoms with Gasteiger partial charge in [-0.05, 0) is 57.7 Å². The molecule has 2 rings (SSSR count). The third kappa shape index (κ3) is 8.36. The van der Waals surface area contributed by atoms with Crippen LogP contribution >= 0.6 is 11.6 Å². The second-order valence-electron chi connectivity index (χ2n) is 6.22. The van der Waals surface area contributed by atoms with Crippen molar-refractivity contribution in [1.29, 1.82) is 0 Å². The Labute approximate surface area is 185 Å². The van der Waals surface area contributed by atoms with Crippen molar-refractivity contribution >= 4 is 27.3 Å². The van der Waals surface area contributed by atoms with Gasteiger partial charge in [0.1, 0.15) is 5.02 Å². The number of nitro groups is 1. The van der Waals surface area contributed by atoms with Gasteiger partial charge in [0.05, 0.1) is 22.7 Å². The molecule has 1 heterocycles. The zero-order valence-electron chi connectivity index (χ0n) is 18.6. The molecule has 1 aromatic rings. The summed E-state index contributed by atoms with van der Waals surface area (Å²) < 4.78 is 31.5. The van der Waals surface area contributed by atoms with Crippen molar-refractivity contribution in [3.63, 3.8) is 0 Å². The van der Waals surface area contributed by atoms with E-state index >= 15 is 0 Å². The Bertz CT molecular complexity index is 851. The first-order chi connectivity index (χ1) is 14.1. The Kier molecular flexibility index (Phi) is 13.1. The van der Waals surface area contributed by atoms with E-state index in [1.165, 1.54) is 16.4 Å². The molecule has 0 aliphatic carbocycles. The Morgan fingerprint density at radius 3 is 2.47 bits per heavy atom. The monoisotopic (exact) mass is 460 g/mol. The van der Waals surface area contributed by atoms with Crippen LogP contribution in [0, 0.1) is 10.1 Å². The van der Waals surface area contributed by atoms with Gasteiger partial charge < -0.3 is 4.74 Å². The van der Waals surface area contributed by atoms with Crippen molar-refractivity contribution in [3.05, 3.63) is 56.9 Å². The van der Waals surface area contributed by atoms with Crippen molar-refractivity contribution in [2.24, 2.45) is 0 Å².